The van der Waals surface area contributed by atoms with E-state index in [0.717, 1.165) is 54.8 Å². The molecule has 1 saturated heterocycles. The number of ether oxygens (including phenoxy) is 2. The summed E-state index contributed by atoms with van der Waals surface area (Å²) < 4.78 is 13.6. The van der Waals surface area contributed by atoms with Crippen molar-refractivity contribution in [2.45, 2.75) is 84.5 Å². The Morgan fingerprint density at radius 3 is 2.80 bits per heavy atom. The third kappa shape index (κ3) is 5.56. The molecule has 9 nitrogen and oxygen atoms in total. The Labute approximate surface area is 206 Å². The number of benzene rings is 1. The molecule has 0 unspecified atom stereocenters. The molecule has 1 fully saturated rings. The second kappa shape index (κ2) is 10.9. The minimum absolute atomic E-state index is 0.0510. The van der Waals surface area contributed by atoms with Crippen LogP contribution in [0.5, 0.6) is 5.75 Å². The predicted octanol–water partition coefficient (Wildman–Crippen LogP) is 4.19. The highest BCUT2D eigenvalue weighted by Crippen LogP contribution is 2.30. The fraction of sp³-hybridized carbons (Fsp3) is 0.615. The first kappa shape index (κ1) is 25.3. The van der Waals surface area contributed by atoms with E-state index in [4.69, 9.17) is 9.47 Å². The highest BCUT2D eigenvalue weighted by molar-refractivity contribution is 5.80. The van der Waals surface area contributed by atoms with Crippen molar-refractivity contribution in [3.8, 4) is 5.75 Å². The number of rotatable bonds is 11. The molecule has 0 spiro atoms. The van der Waals surface area contributed by atoms with Gasteiger partial charge in [-0.25, -0.2) is 4.68 Å². The molecule has 1 aliphatic rings. The number of aromatic amines is 1. The number of fused-ring (bicyclic) bond motifs is 1. The van der Waals surface area contributed by atoms with E-state index in [2.05, 4.69) is 53.1 Å². The van der Waals surface area contributed by atoms with E-state index in [-0.39, 0.29) is 23.2 Å². The Balaban J connectivity index is 1.71. The Hall–Kier alpha value is -2.78. The summed E-state index contributed by atoms with van der Waals surface area (Å²) in [6.07, 6.45) is 3.93. The maximum atomic E-state index is 13.1. The minimum Gasteiger partial charge on any atom is -0.494 e. The smallest absolute Gasteiger partial charge is 0.252 e. The lowest BCUT2D eigenvalue weighted by Gasteiger charge is -2.34. The van der Waals surface area contributed by atoms with Crippen molar-refractivity contribution in [3.05, 3.63) is 46.0 Å². The first-order valence-electron chi connectivity index (χ1n) is 12.8. The molecule has 3 heterocycles. The van der Waals surface area contributed by atoms with Crippen LogP contribution >= 0.6 is 0 Å². The molecule has 2 aromatic heterocycles. The summed E-state index contributed by atoms with van der Waals surface area (Å²) in [7, 11) is 0. The quantitative estimate of drug-likeness (QED) is 0.437. The molecule has 0 amide bonds. The molecule has 1 aliphatic heterocycles. The van der Waals surface area contributed by atoms with E-state index in [0.29, 0.717) is 25.3 Å². The van der Waals surface area contributed by atoms with Crippen molar-refractivity contribution >= 4 is 10.9 Å². The van der Waals surface area contributed by atoms with Crippen molar-refractivity contribution in [3.63, 3.8) is 0 Å². The third-order valence-corrected chi connectivity index (χ3v) is 7.10. The summed E-state index contributed by atoms with van der Waals surface area (Å²) in [6, 6.07) is 7.68. The molecule has 3 aromatic rings. The number of tetrazole rings is 1. The molecular formula is C26H38N6O3. The van der Waals surface area contributed by atoms with Gasteiger partial charge in [-0.05, 0) is 81.1 Å². The van der Waals surface area contributed by atoms with Crippen molar-refractivity contribution in [1.29, 1.82) is 0 Å². The van der Waals surface area contributed by atoms with Gasteiger partial charge in [0.15, 0.2) is 5.82 Å². The molecule has 0 bridgehead atoms. The molecule has 1 N–H and O–H groups in total. The van der Waals surface area contributed by atoms with Gasteiger partial charge in [-0.1, -0.05) is 13.8 Å². The van der Waals surface area contributed by atoms with E-state index in [9.17, 15) is 4.79 Å². The molecule has 9 heteroatoms. The number of hydrogen-bond acceptors (Lipinski definition) is 7. The average Bonchev–Trinajstić information content (AvgIpc) is 3.53. The highest BCUT2D eigenvalue weighted by Gasteiger charge is 2.32. The van der Waals surface area contributed by atoms with Crippen LogP contribution in [0.15, 0.2) is 29.1 Å². The predicted molar refractivity (Wildman–Crippen MR) is 136 cm³/mol. The summed E-state index contributed by atoms with van der Waals surface area (Å²) >= 11 is 0. The van der Waals surface area contributed by atoms with Crippen LogP contribution in [-0.4, -0.2) is 56.0 Å². The Morgan fingerprint density at radius 1 is 1.29 bits per heavy atom. The molecule has 1 aromatic carbocycles. The zero-order valence-electron chi connectivity index (χ0n) is 21.6. The van der Waals surface area contributed by atoms with Gasteiger partial charge in [0, 0.05) is 36.2 Å². The number of nitrogens with one attached hydrogen (secondary N) is 1. The van der Waals surface area contributed by atoms with E-state index in [1.165, 1.54) is 0 Å². The van der Waals surface area contributed by atoms with Crippen molar-refractivity contribution in [2.75, 3.05) is 19.8 Å². The van der Waals surface area contributed by atoms with Crippen LogP contribution < -0.4 is 10.3 Å². The standard InChI is InChI=1S/C26H38N6O3/c1-6-23(24-28-29-30-32(24)26(4,5)7-2)31(17-21-10-9-13-35-21)16-19-14-18-15-20(34-8-3)11-12-22(18)27-25(19)33/h11-12,14-15,21,23H,6-10,13,16-17H2,1-5H3,(H,27,33)/t21-,23-/m1/s1. The van der Waals surface area contributed by atoms with E-state index in [1.807, 2.05) is 35.9 Å². The maximum absolute atomic E-state index is 13.1. The zero-order valence-corrected chi connectivity index (χ0v) is 21.6. The lowest BCUT2D eigenvalue weighted by atomic mass is 10.0. The van der Waals surface area contributed by atoms with Gasteiger partial charge in [-0.15, -0.1) is 5.10 Å². The summed E-state index contributed by atoms with van der Waals surface area (Å²) in [5.74, 6) is 1.62. The minimum atomic E-state index is -0.210. The van der Waals surface area contributed by atoms with E-state index < -0.39 is 0 Å². The number of aromatic nitrogens is 5. The van der Waals surface area contributed by atoms with Crippen LogP contribution in [0.1, 0.15) is 77.7 Å². The van der Waals surface area contributed by atoms with Crippen LogP contribution in [0.25, 0.3) is 10.9 Å². The van der Waals surface area contributed by atoms with Crippen LogP contribution in [0.3, 0.4) is 0 Å². The largest absolute Gasteiger partial charge is 0.494 e. The second-order valence-corrected chi connectivity index (χ2v) is 9.91. The summed E-state index contributed by atoms with van der Waals surface area (Å²) in [5.41, 5.74) is 1.21. The van der Waals surface area contributed by atoms with E-state index in [1.54, 1.807) is 0 Å². The monoisotopic (exact) mass is 482 g/mol. The van der Waals surface area contributed by atoms with E-state index >= 15 is 0 Å². The second-order valence-electron chi connectivity index (χ2n) is 9.91. The molecule has 0 saturated carbocycles. The lowest BCUT2D eigenvalue weighted by molar-refractivity contribution is 0.0475. The zero-order chi connectivity index (χ0) is 25.0. The number of pyridine rings is 1. The van der Waals surface area contributed by atoms with Crippen LogP contribution in [-0.2, 0) is 16.8 Å². The Kier molecular flexibility index (Phi) is 7.86. The van der Waals surface area contributed by atoms with Gasteiger partial charge in [0.1, 0.15) is 5.75 Å². The molecule has 190 valence electrons. The fourth-order valence-corrected chi connectivity index (χ4v) is 4.76. The summed E-state index contributed by atoms with van der Waals surface area (Å²) in [6.45, 7) is 13.1. The molecule has 2 atom stereocenters. The first-order chi connectivity index (χ1) is 16.9. The van der Waals surface area contributed by atoms with Crippen LogP contribution in [0.2, 0.25) is 0 Å². The number of nitrogens with zero attached hydrogens (tertiary/aromatic N) is 5. The van der Waals surface area contributed by atoms with Gasteiger partial charge in [0.2, 0.25) is 0 Å². The van der Waals surface area contributed by atoms with Crippen LogP contribution in [0.4, 0.5) is 0 Å². The van der Waals surface area contributed by atoms with Gasteiger partial charge in [-0.2, -0.15) is 0 Å². The molecule has 0 aliphatic carbocycles. The van der Waals surface area contributed by atoms with Gasteiger partial charge >= 0.3 is 0 Å². The Morgan fingerprint density at radius 2 is 2.11 bits per heavy atom. The summed E-state index contributed by atoms with van der Waals surface area (Å²) in [5, 5.41) is 13.8. The van der Waals surface area contributed by atoms with Gasteiger partial charge in [0.05, 0.1) is 24.3 Å². The Bertz CT molecular complexity index is 1180. The SMILES string of the molecule is CCOc1ccc2[nH]c(=O)c(CN(C[C@H]3CCCO3)[C@H](CC)c3nnnn3C(C)(C)CC)cc2c1. The van der Waals surface area contributed by atoms with Gasteiger partial charge < -0.3 is 14.5 Å². The van der Waals surface area contributed by atoms with Gasteiger partial charge in [-0.3, -0.25) is 9.69 Å². The molecular weight excluding hydrogens is 444 g/mol. The lowest BCUT2D eigenvalue weighted by Crippen LogP contribution is -2.39. The highest BCUT2D eigenvalue weighted by atomic mass is 16.5. The average molecular weight is 483 g/mol. The number of hydrogen-bond donors (Lipinski definition) is 1. The molecule has 35 heavy (non-hydrogen) atoms. The van der Waals surface area contributed by atoms with Crippen molar-refractivity contribution in [1.82, 2.24) is 30.1 Å². The van der Waals surface area contributed by atoms with Gasteiger partial charge in [0.25, 0.3) is 5.56 Å². The fourth-order valence-electron chi connectivity index (χ4n) is 4.76. The molecule has 4 rings (SSSR count). The van der Waals surface area contributed by atoms with Crippen LogP contribution in [0, 0.1) is 0 Å². The number of H-pyrrole nitrogens is 1. The van der Waals surface area contributed by atoms with Crippen molar-refractivity contribution in [2.24, 2.45) is 0 Å². The maximum Gasteiger partial charge on any atom is 0.252 e. The van der Waals surface area contributed by atoms with Crippen molar-refractivity contribution < 1.29 is 9.47 Å². The summed E-state index contributed by atoms with van der Waals surface area (Å²) in [4.78, 5) is 18.5. The topological polar surface area (TPSA) is 98.2 Å². The first-order valence-corrected chi connectivity index (χ1v) is 12.8. The molecule has 0 radical (unpaired) electrons. The third-order valence-electron chi connectivity index (χ3n) is 7.10. The normalized spacial score (nSPS) is 17.4.